The molecular weight excluding hydrogens is 246 g/mol. The van der Waals surface area contributed by atoms with Gasteiger partial charge in [0.2, 0.25) is 0 Å². The number of rotatable bonds is 7. The second-order valence-corrected chi connectivity index (χ2v) is 6.64. The third-order valence-corrected chi connectivity index (χ3v) is 4.31. The molecule has 3 heteroatoms. The quantitative estimate of drug-likeness (QED) is 0.820. The van der Waals surface area contributed by atoms with Crippen LogP contribution in [0.25, 0.3) is 0 Å². The highest BCUT2D eigenvalue weighted by Crippen LogP contribution is 2.25. The van der Waals surface area contributed by atoms with Crippen molar-refractivity contribution < 1.29 is 0 Å². The van der Waals surface area contributed by atoms with E-state index in [1.165, 1.54) is 42.9 Å². The smallest absolute Gasteiger partial charge is 0.109 e. The van der Waals surface area contributed by atoms with Crippen LogP contribution in [0.5, 0.6) is 0 Å². The Morgan fingerprint density at radius 1 is 1.25 bits per heavy atom. The highest BCUT2D eigenvalue weighted by Gasteiger charge is 2.22. The molecule has 0 aromatic carbocycles. The van der Waals surface area contributed by atoms with E-state index in [1.54, 1.807) is 0 Å². The van der Waals surface area contributed by atoms with Gasteiger partial charge in [0.15, 0.2) is 0 Å². The van der Waals surface area contributed by atoms with Gasteiger partial charge in [-0.15, -0.1) is 0 Å². The molecule has 114 valence electrons. The molecule has 1 aromatic heterocycles. The lowest BCUT2D eigenvalue weighted by molar-refractivity contribution is 0.424. The van der Waals surface area contributed by atoms with Crippen LogP contribution < -0.4 is 5.32 Å². The van der Waals surface area contributed by atoms with Gasteiger partial charge < -0.3 is 9.88 Å². The van der Waals surface area contributed by atoms with Gasteiger partial charge in [0.1, 0.15) is 5.82 Å². The molecule has 0 saturated carbocycles. The van der Waals surface area contributed by atoms with E-state index in [1.807, 2.05) is 0 Å². The monoisotopic (exact) mass is 277 g/mol. The Balaban J connectivity index is 2.13. The third kappa shape index (κ3) is 3.63. The Bertz CT molecular complexity index is 420. The zero-order chi connectivity index (χ0) is 14.5. The van der Waals surface area contributed by atoms with Gasteiger partial charge >= 0.3 is 0 Å². The summed E-state index contributed by atoms with van der Waals surface area (Å²) in [5.41, 5.74) is 2.81. The van der Waals surface area contributed by atoms with Gasteiger partial charge in [0.25, 0.3) is 0 Å². The molecule has 0 radical (unpaired) electrons. The number of imidazole rings is 1. The predicted molar refractivity (Wildman–Crippen MR) is 85.0 cm³/mol. The summed E-state index contributed by atoms with van der Waals surface area (Å²) >= 11 is 0. The van der Waals surface area contributed by atoms with Crippen LogP contribution in [0.2, 0.25) is 0 Å². The maximum absolute atomic E-state index is 4.91. The van der Waals surface area contributed by atoms with Gasteiger partial charge in [-0.2, -0.15) is 0 Å². The van der Waals surface area contributed by atoms with Crippen molar-refractivity contribution in [1.29, 1.82) is 0 Å². The Labute approximate surface area is 124 Å². The van der Waals surface area contributed by atoms with Crippen molar-refractivity contribution in [2.75, 3.05) is 6.54 Å². The molecule has 20 heavy (non-hydrogen) atoms. The van der Waals surface area contributed by atoms with Crippen LogP contribution in [0.3, 0.4) is 0 Å². The summed E-state index contributed by atoms with van der Waals surface area (Å²) in [6, 6.07) is 0.602. The second-order valence-electron chi connectivity index (χ2n) is 6.64. The van der Waals surface area contributed by atoms with E-state index in [4.69, 9.17) is 4.98 Å². The number of fused-ring (bicyclic) bond motifs is 1. The minimum absolute atomic E-state index is 0.602. The average molecular weight is 277 g/mol. The molecule has 0 bridgehead atoms. The summed E-state index contributed by atoms with van der Waals surface area (Å²) in [5.74, 6) is 2.14. The van der Waals surface area contributed by atoms with E-state index in [0.717, 1.165) is 31.8 Å². The topological polar surface area (TPSA) is 29.9 Å². The third-order valence-electron chi connectivity index (χ3n) is 4.31. The number of aromatic nitrogens is 2. The number of hydrogen-bond acceptors (Lipinski definition) is 2. The van der Waals surface area contributed by atoms with Crippen LogP contribution in [0, 0.1) is 5.92 Å². The van der Waals surface area contributed by atoms with Crippen molar-refractivity contribution >= 4 is 0 Å². The molecule has 3 nitrogen and oxygen atoms in total. The molecule has 0 aliphatic carbocycles. The zero-order valence-corrected chi connectivity index (χ0v) is 13.7. The lowest BCUT2D eigenvalue weighted by atomic mass is 10.0. The minimum atomic E-state index is 0.602. The molecule has 2 heterocycles. The Kier molecular flexibility index (Phi) is 5.64. The summed E-state index contributed by atoms with van der Waals surface area (Å²) in [7, 11) is 0. The van der Waals surface area contributed by atoms with E-state index >= 15 is 0 Å². The van der Waals surface area contributed by atoms with E-state index < -0.39 is 0 Å². The molecule has 0 fully saturated rings. The van der Waals surface area contributed by atoms with Crippen LogP contribution in [0.15, 0.2) is 0 Å². The highest BCUT2D eigenvalue weighted by atomic mass is 15.1. The van der Waals surface area contributed by atoms with Gasteiger partial charge in [-0.1, -0.05) is 33.6 Å². The molecule has 1 atom stereocenters. The largest absolute Gasteiger partial charge is 0.329 e. The first-order chi connectivity index (χ1) is 9.63. The normalized spacial score (nSPS) is 16.4. The molecule has 0 amide bonds. The number of nitrogens with zero attached hydrogens (tertiary/aromatic N) is 2. The van der Waals surface area contributed by atoms with Crippen molar-refractivity contribution in [3.05, 3.63) is 17.2 Å². The highest BCUT2D eigenvalue weighted by molar-refractivity contribution is 5.21. The molecule has 0 spiro atoms. The van der Waals surface area contributed by atoms with Crippen LogP contribution in [-0.2, 0) is 19.4 Å². The van der Waals surface area contributed by atoms with E-state index in [0.29, 0.717) is 6.04 Å². The van der Waals surface area contributed by atoms with E-state index in [2.05, 4.69) is 37.6 Å². The van der Waals surface area contributed by atoms with Gasteiger partial charge in [0.05, 0.1) is 5.69 Å². The lowest BCUT2D eigenvalue weighted by Gasteiger charge is -2.22. The van der Waals surface area contributed by atoms with E-state index in [-0.39, 0.29) is 0 Å². The minimum Gasteiger partial charge on any atom is -0.329 e. The summed E-state index contributed by atoms with van der Waals surface area (Å²) in [6.07, 6.45) is 7.39. The molecule has 1 aliphatic rings. The van der Waals surface area contributed by atoms with Crippen LogP contribution in [0.4, 0.5) is 0 Å². The Morgan fingerprint density at radius 3 is 2.75 bits per heavy atom. The Hall–Kier alpha value is -0.830. The zero-order valence-electron chi connectivity index (χ0n) is 13.7. The average Bonchev–Trinajstić information content (AvgIpc) is 2.76. The molecular formula is C17H31N3. The van der Waals surface area contributed by atoms with Crippen LogP contribution in [-0.4, -0.2) is 16.1 Å². The molecule has 1 aliphatic heterocycles. The lowest BCUT2D eigenvalue weighted by Crippen LogP contribution is -2.25. The fourth-order valence-electron chi connectivity index (χ4n) is 3.26. The van der Waals surface area contributed by atoms with Gasteiger partial charge in [-0.25, -0.2) is 4.98 Å². The number of aryl methyl sites for hydroxylation is 1. The molecule has 1 aromatic rings. The number of hydrogen-bond donors (Lipinski definition) is 1. The molecule has 0 saturated heterocycles. The van der Waals surface area contributed by atoms with Crippen LogP contribution >= 0.6 is 0 Å². The molecule has 2 rings (SSSR count). The summed E-state index contributed by atoms with van der Waals surface area (Å²) in [6.45, 7) is 11.3. The van der Waals surface area contributed by atoms with Crippen molar-refractivity contribution in [3.63, 3.8) is 0 Å². The Morgan fingerprint density at radius 2 is 2.05 bits per heavy atom. The number of nitrogens with one attached hydrogen (secondary N) is 1. The second kappa shape index (κ2) is 7.26. The molecule has 1 unspecified atom stereocenters. The van der Waals surface area contributed by atoms with E-state index in [9.17, 15) is 0 Å². The SMILES string of the molecule is CCCc1nc2c(n1C(C)CCCC(C)C)CCNC2. The van der Waals surface area contributed by atoms with Crippen LogP contribution in [0.1, 0.15) is 76.6 Å². The maximum atomic E-state index is 4.91. The first-order valence-electron chi connectivity index (χ1n) is 8.43. The van der Waals surface area contributed by atoms with Crippen molar-refractivity contribution in [2.45, 2.75) is 78.8 Å². The first kappa shape index (κ1) is 15.6. The maximum Gasteiger partial charge on any atom is 0.109 e. The molecule has 1 N–H and O–H groups in total. The van der Waals surface area contributed by atoms with Crippen molar-refractivity contribution in [3.8, 4) is 0 Å². The van der Waals surface area contributed by atoms with Gasteiger partial charge in [-0.05, 0) is 25.7 Å². The summed E-state index contributed by atoms with van der Waals surface area (Å²) in [5, 5.41) is 3.44. The summed E-state index contributed by atoms with van der Waals surface area (Å²) in [4.78, 5) is 4.91. The first-order valence-corrected chi connectivity index (χ1v) is 8.43. The fraction of sp³-hybridized carbons (Fsp3) is 0.824. The standard InChI is InChI=1S/C17H31N3/c1-5-7-17-19-15-12-18-11-10-16(15)20(17)14(4)9-6-8-13(2)3/h13-14,18H,5-12H2,1-4H3. The van der Waals surface area contributed by atoms with Gasteiger partial charge in [-0.3, -0.25) is 0 Å². The predicted octanol–water partition coefficient (Wildman–Crippen LogP) is 3.87. The van der Waals surface area contributed by atoms with Crippen molar-refractivity contribution in [1.82, 2.24) is 14.9 Å². The summed E-state index contributed by atoms with van der Waals surface area (Å²) < 4.78 is 2.57. The van der Waals surface area contributed by atoms with Gasteiger partial charge in [0, 0.05) is 37.7 Å². The van der Waals surface area contributed by atoms with Crippen molar-refractivity contribution in [2.24, 2.45) is 5.92 Å². The fourth-order valence-corrected chi connectivity index (χ4v) is 3.26.